The quantitative estimate of drug-likeness (QED) is 0.579. The number of nitrogens with one attached hydrogen (secondary N) is 1. The maximum Gasteiger partial charge on any atom is 0.0518 e. The lowest BCUT2D eigenvalue weighted by atomic mass is 10.1. The van der Waals surface area contributed by atoms with Crippen LogP contribution in [0.2, 0.25) is 0 Å². The number of hydrogen-bond acceptors (Lipinski definition) is 2. The highest BCUT2D eigenvalue weighted by atomic mass is 16.5. The fraction of sp³-hybridized carbons (Fsp3) is 1.00. The molecule has 0 aliphatic carbocycles. The van der Waals surface area contributed by atoms with E-state index in [-0.39, 0.29) is 0 Å². The van der Waals surface area contributed by atoms with Crippen molar-refractivity contribution in [2.24, 2.45) is 0 Å². The first-order valence-corrected chi connectivity index (χ1v) is 6.05. The van der Waals surface area contributed by atoms with Crippen molar-refractivity contribution >= 4 is 0 Å². The Morgan fingerprint density at radius 3 is 2.43 bits per heavy atom. The molecule has 1 unspecified atom stereocenters. The molecule has 0 rings (SSSR count). The lowest BCUT2D eigenvalue weighted by Gasteiger charge is -2.16. The van der Waals surface area contributed by atoms with Gasteiger partial charge in [0.2, 0.25) is 0 Å². The Bertz CT molecular complexity index is 115. The van der Waals surface area contributed by atoms with Crippen LogP contribution in [0.1, 0.15) is 53.4 Å². The Morgan fingerprint density at radius 2 is 1.93 bits per heavy atom. The van der Waals surface area contributed by atoms with E-state index < -0.39 is 0 Å². The average molecular weight is 201 g/mol. The molecular formula is C12H27NO. The summed E-state index contributed by atoms with van der Waals surface area (Å²) in [5.74, 6) is 0. The van der Waals surface area contributed by atoms with Crippen molar-refractivity contribution in [3.63, 3.8) is 0 Å². The van der Waals surface area contributed by atoms with E-state index in [2.05, 4.69) is 33.0 Å². The zero-order valence-electron chi connectivity index (χ0n) is 10.3. The Morgan fingerprint density at radius 1 is 1.21 bits per heavy atom. The minimum atomic E-state index is 0.374. The summed E-state index contributed by atoms with van der Waals surface area (Å²) in [5, 5.41) is 3.55. The van der Waals surface area contributed by atoms with Crippen molar-refractivity contribution in [3.05, 3.63) is 0 Å². The first-order chi connectivity index (χ1) is 6.70. The molecule has 0 amide bonds. The van der Waals surface area contributed by atoms with Gasteiger partial charge in [-0.2, -0.15) is 0 Å². The maximum atomic E-state index is 5.51. The lowest BCUT2D eigenvalue weighted by Crippen LogP contribution is -2.29. The van der Waals surface area contributed by atoms with Gasteiger partial charge in [0.25, 0.3) is 0 Å². The molecule has 0 aliphatic heterocycles. The number of hydrogen-bond donors (Lipinski definition) is 1. The zero-order valence-corrected chi connectivity index (χ0v) is 10.3. The Labute approximate surface area is 89.4 Å². The molecule has 1 N–H and O–H groups in total. The van der Waals surface area contributed by atoms with Crippen molar-refractivity contribution in [1.82, 2.24) is 5.32 Å². The van der Waals surface area contributed by atoms with Crippen LogP contribution < -0.4 is 5.32 Å². The van der Waals surface area contributed by atoms with Gasteiger partial charge in [-0.05, 0) is 46.1 Å². The zero-order chi connectivity index (χ0) is 10.8. The summed E-state index contributed by atoms with van der Waals surface area (Å²) in [4.78, 5) is 0. The second kappa shape index (κ2) is 9.47. The highest BCUT2D eigenvalue weighted by Crippen LogP contribution is 2.03. The van der Waals surface area contributed by atoms with Gasteiger partial charge in [-0.15, -0.1) is 0 Å². The van der Waals surface area contributed by atoms with Gasteiger partial charge in [-0.25, -0.2) is 0 Å². The molecule has 0 saturated carbocycles. The van der Waals surface area contributed by atoms with Gasteiger partial charge in [0.1, 0.15) is 0 Å². The van der Waals surface area contributed by atoms with Crippen LogP contribution in [0.3, 0.4) is 0 Å². The topological polar surface area (TPSA) is 21.3 Å². The van der Waals surface area contributed by atoms with Crippen LogP contribution in [-0.4, -0.2) is 25.3 Å². The predicted molar refractivity (Wildman–Crippen MR) is 62.7 cm³/mol. The maximum absolute atomic E-state index is 5.51. The van der Waals surface area contributed by atoms with Gasteiger partial charge in [0.05, 0.1) is 6.10 Å². The third kappa shape index (κ3) is 8.52. The molecule has 0 heterocycles. The molecule has 0 radical (unpaired) electrons. The Balaban J connectivity index is 3.33. The molecule has 86 valence electrons. The van der Waals surface area contributed by atoms with Gasteiger partial charge < -0.3 is 10.1 Å². The molecule has 0 bridgehead atoms. The van der Waals surface area contributed by atoms with Crippen LogP contribution in [-0.2, 0) is 4.74 Å². The fourth-order valence-corrected chi connectivity index (χ4v) is 1.45. The summed E-state index contributed by atoms with van der Waals surface area (Å²) in [6.07, 6.45) is 5.23. The smallest absolute Gasteiger partial charge is 0.0518 e. The highest BCUT2D eigenvalue weighted by Gasteiger charge is 2.04. The predicted octanol–water partition coefficient (Wildman–Crippen LogP) is 2.97. The van der Waals surface area contributed by atoms with Crippen LogP contribution in [0.15, 0.2) is 0 Å². The fourth-order valence-electron chi connectivity index (χ4n) is 1.45. The number of rotatable bonds is 9. The molecule has 0 fully saturated rings. The van der Waals surface area contributed by atoms with Crippen LogP contribution in [0.4, 0.5) is 0 Å². The van der Waals surface area contributed by atoms with Crippen molar-refractivity contribution < 1.29 is 4.74 Å². The minimum absolute atomic E-state index is 0.374. The van der Waals surface area contributed by atoms with Gasteiger partial charge in [0.15, 0.2) is 0 Å². The van der Waals surface area contributed by atoms with E-state index in [0.29, 0.717) is 12.1 Å². The summed E-state index contributed by atoms with van der Waals surface area (Å²) in [6.45, 7) is 10.7. The van der Waals surface area contributed by atoms with Crippen LogP contribution in [0.25, 0.3) is 0 Å². The molecule has 0 aliphatic rings. The van der Waals surface area contributed by atoms with Gasteiger partial charge in [-0.1, -0.05) is 13.8 Å². The van der Waals surface area contributed by atoms with E-state index in [4.69, 9.17) is 4.74 Å². The summed E-state index contributed by atoms with van der Waals surface area (Å²) in [6, 6.07) is 0.686. The van der Waals surface area contributed by atoms with Crippen molar-refractivity contribution in [2.45, 2.75) is 65.5 Å². The molecular weight excluding hydrogens is 174 g/mol. The number of ether oxygens (including phenoxy) is 1. The molecule has 0 aromatic heterocycles. The van der Waals surface area contributed by atoms with Crippen molar-refractivity contribution in [1.29, 1.82) is 0 Å². The largest absolute Gasteiger partial charge is 0.379 e. The van der Waals surface area contributed by atoms with E-state index in [0.717, 1.165) is 13.2 Å². The highest BCUT2D eigenvalue weighted by molar-refractivity contribution is 4.64. The third-order valence-corrected chi connectivity index (χ3v) is 2.32. The first kappa shape index (κ1) is 13.9. The molecule has 2 heteroatoms. The second-order valence-corrected chi connectivity index (χ2v) is 4.12. The SMILES string of the molecule is CCCNC(CC)CCCOC(C)C. The van der Waals surface area contributed by atoms with E-state index in [1.165, 1.54) is 25.7 Å². The molecule has 0 aromatic carbocycles. The van der Waals surface area contributed by atoms with Crippen LogP contribution in [0.5, 0.6) is 0 Å². The molecule has 0 aromatic rings. The van der Waals surface area contributed by atoms with Crippen LogP contribution >= 0.6 is 0 Å². The summed E-state index contributed by atoms with van der Waals surface area (Å²) in [5.41, 5.74) is 0. The van der Waals surface area contributed by atoms with E-state index >= 15 is 0 Å². The average Bonchev–Trinajstić information content (AvgIpc) is 2.16. The Kier molecular flexibility index (Phi) is 9.42. The van der Waals surface area contributed by atoms with Gasteiger partial charge in [-0.3, -0.25) is 0 Å². The van der Waals surface area contributed by atoms with Crippen molar-refractivity contribution in [3.8, 4) is 0 Å². The standard InChI is InChI=1S/C12H27NO/c1-5-9-13-12(6-2)8-7-10-14-11(3)4/h11-13H,5-10H2,1-4H3. The first-order valence-electron chi connectivity index (χ1n) is 6.05. The second-order valence-electron chi connectivity index (χ2n) is 4.12. The molecule has 2 nitrogen and oxygen atoms in total. The minimum Gasteiger partial charge on any atom is -0.379 e. The van der Waals surface area contributed by atoms with Crippen LogP contribution in [0, 0.1) is 0 Å². The van der Waals surface area contributed by atoms with E-state index in [1.807, 2.05) is 0 Å². The summed E-state index contributed by atoms with van der Waals surface area (Å²) >= 11 is 0. The lowest BCUT2D eigenvalue weighted by molar-refractivity contribution is 0.0744. The monoisotopic (exact) mass is 201 g/mol. The molecule has 0 saturated heterocycles. The summed E-state index contributed by atoms with van der Waals surface area (Å²) < 4.78 is 5.51. The molecule has 1 atom stereocenters. The molecule has 0 spiro atoms. The van der Waals surface area contributed by atoms with E-state index in [1.54, 1.807) is 0 Å². The van der Waals surface area contributed by atoms with Gasteiger partial charge in [0, 0.05) is 12.6 Å². The Hall–Kier alpha value is -0.0800. The molecule has 14 heavy (non-hydrogen) atoms. The summed E-state index contributed by atoms with van der Waals surface area (Å²) in [7, 11) is 0. The van der Waals surface area contributed by atoms with Gasteiger partial charge >= 0.3 is 0 Å². The normalized spacial score (nSPS) is 13.5. The van der Waals surface area contributed by atoms with Crippen molar-refractivity contribution in [2.75, 3.05) is 13.2 Å². The van der Waals surface area contributed by atoms with E-state index in [9.17, 15) is 0 Å². The third-order valence-electron chi connectivity index (χ3n) is 2.32.